The van der Waals surface area contributed by atoms with E-state index in [1.807, 2.05) is 37.1 Å². The van der Waals surface area contributed by atoms with Crippen molar-refractivity contribution in [3.05, 3.63) is 29.3 Å². The van der Waals surface area contributed by atoms with Crippen LogP contribution in [0.4, 0.5) is 5.69 Å². The second-order valence-corrected chi connectivity index (χ2v) is 5.08. The lowest BCUT2D eigenvalue weighted by Crippen LogP contribution is -2.30. The Morgan fingerprint density at radius 1 is 1.53 bits per heavy atom. The van der Waals surface area contributed by atoms with Crippen LogP contribution in [0.2, 0.25) is 0 Å². The largest absolute Gasteiger partial charge is 0.481 e. The van der Waals surface area contributed by atoms with Gasteiger partial charge in [0, 0.05) is 18.3 Å². The molecule has 0 aliphatic carbocycles. The lowest BCUT2D eigenvalue weighted by Gasteiger charge is -2.23. The van der Waals surface area contributed by atoms with Crippen molar-refractivity contribution in [3.8, 4) is 0 Å². The van der Waals surface area contributed by atoms with E-state index in [-0.39, 0.29) is 18.4 Å². The van der Waals surface area contributed by atoms with Crippen molar-refractivity contribution in [1.82, 2.24) is 4.90 Å². The molecule has 1 unspecified atom stereocenters. The Morgan fingerprint density at radius 3 is 2.95 bits per heavy atom. The summed E-state index contributed by atoms with van der Waals surface area (Å²) in [6.07, 6.45) is 0.555. The van der Waals surface area contributed by atoms with Gasteiger partial charge in [-0.2, -0.15) is 0 Å². The molecular formula is C14H18N2O3. The number of aliphatic carboxylic acids is 1. The zero-order valence-electron chi connectivity index (χ0n) is 11.1. The lowest BCUT2D eigenvalue weighted by atomic mass is 10.1. The van der Waals surface area contributed by atoms with Crippen LogP contribution in [0, 0.1) is 0 Å². The van der Waals surface area contributed by atoms with Gasteiger partial charge in [0.15, 0.2) is 0 Å². The van der Waals surface area contributed by atoms with Crippen LogP contribution in [-0.4, -0.2) is 35.0 Å². The predicted molar refractivity (Wildman–Crippen MR) is 72.0 cm³/mol. The highest BCUT2D eigenvalue weighted by atomic mass is 16.4. The number of benzene rings is 1. The maximum Gasteiger partial charge on any atom is 0.304 e. The Bertz CT molecular complexity index is 513. The number of anilines is 1. The molecule has 1 aliphatic heterocycles. The molecular weight excluding hydrogens is 244 g/mol. The number of hydrogen-bond acceptors (Lipinski definition) is 3. The molecule has 1 amide bonds. The van der Waals surface area contributed by atoms with E-state index in [9.17, 15) is 9.59 Å². The molecule has 19 heavy (non-hydrogen) atoms. The fraction of sp³-hybridized carbons (Fsp3) is 0.429. The number of carboxylic acid groups (broad SMARTS) is 1. The van der Waals surface area contributed by atoms with Crippen molar-refractivity contribution in [1.29, 1.82) is 0 Å². The molecule has 0 saturated heterocycles. The Kier molecular flexibility index (Phi) is 3.85. The first-order chi connectivity index (χ1) is 8.95. The molecule has 0 fully saturated rings. The average molecular weight is 262 g/mol. The topological polar surface area (TPSA) is 69.6 Å². The minimum Gasteiger partial charge on any atom is -0.481 e. The molecule has 5 heteroatoms. The van der Waals surface area contributed by atoms with Gasteiger partial charge in [-0.25, -0.2) is 0 Å². The molecule has 1 aromatic rings. The molecule has 2 rings (SSSR count). The van der Waals surface area contributed by atoms with Crippen molar-refractivity contribution in [3.63, 3.8) is 0 Å². The second-order valence-electron chi connectivity index (χ2n) is 5.08. The number of rotatable bonds is 5. The van der Waals surface area contributed by atoms with E-state index in [1.165, 1.54) is 0 Å². The van der Waals surface area contributed by atoms with E-state index in [0.717, 1.165) is 16.8 Å². The standard InChI is InChI=1S/C14H18N2O3/c1-9(5-14(18)19)16(2)8-10-3-4-12-11(6-10)7-13(17)15-12/h3-4,6,9H,5,7-8H2,1-2H3,(H,15,17)(H,18,19). The van der Waals surface area contributed by atoms with Crippen molar-refractivity contribution >= 4 is 17.6 Å². The maximum atomic E-state index is 11.3. The van der Waals surface area contributed by atoms with Crippen LogP contribution in [0.5, 0.6) is 0 Å². The third-order valence-electron chi connectivity index (χ3n) is 3.45. The summed E-state index contributed by atoms with van der Waals surface area (Å²) in [6, 6.07) is 5.86. The number of carboxylic acids is 1. The summed E-state index contributed by atoms with van der Waals surface area (Å²) in [5.41, 5.74) is 2.99. The van der Waals surface area contributed by atoms with Gasteiger partial charge in [0.25, 0.3) is 0 Å². The van der Waals surface area contributed by atoms with E-state index in [4.69, 9.17) is 5.11 Å². The summed E-state index contributed by atoms with van der Waals surface area (Å²) in [4.78, 5) is 24.0. The highest BCUT2D eigenvalue weighted by Crippen LogP contribution is 2.24. The summed E-state index contributed by atoms with van der Waals surface area (Å²) < 4.78 is 0. The molecule has 0 spiro atoms. The number of fused-ring (bicyclic) bond motifs is 1. The number of amides is 1. The van der Waals surface area contributed by atoms with Crippen LogP contribution in [-0.2, 0) is 22.6 Å². The lowest BCUT2D eigenvalue weighted by molar-refractivity contribution is -0.138. The Morgan fingerprint density at radius 2 is 2.26 bits per heavy atom. The number of nitrogens with zero attached hydrogens (tertiary/aromatic N) is 1. The molecule has 0 aromatic heterocycles. The van der Waals surface area contributed by atoms with E-state index < -0.39 is 5.97 Å². The SMILES string of the molecule is CC(CC(=O)O)N(C)Cc1ccc2c(c1)CC(=O)N2. The van der Waals surface area contributed by atoms with Crippen LogP contribution in [0.15, 0.2) is 18.2 Å². The Balaban J connectivity index is 2.02. The molecule has 102 valence electrons. The first kappa shape index (κ1) is 13.5. The van der Waals surface area contributed by atoms with Crippen molar-refractivity contribution in [2.75, 3.05) is 12.4 Å². The smallest absolute Gasteiger partial charge is 0.304 e. The zero-order chi connectivity index (χ0) is 14.0. The van der Waals surface area contributed by atoms with Gasteiger partial charge >= 0.3 is 5.97 Å². The molecule has 0 saturated carbocycles. The quantitative estimate of drug-likeness (QED) is 0.843. The first-order valence-corrected chi connectivity index (χ1v) is 6.29. The van der Waals surface area contributed by atoms with Gasteiger partial charge in [0.05, 0.1) is 12.8 Å². The summed E-state index contributed by atoms with van der Waals surface area (Å²) in [5.74, 6) is -0.761. The van der Waals surface area contributed by atoms with E-state index in [1.54, 1.807) is 0 Å². The summed E-state index contributed by atoms with van der Waals surface area (Å²) >= 11 is 0. The molecule has 0 bridgehead atoms. The summed E-state index contributed by atoms with van der Waals surface area (Å²) in [6.45, 7) is 2.57. The molecule has 0 radical (unpaired) electrons. The number of carbonyl (C=O) groups is 2. The second kappa shape index (κ2) is 5.40. The number of carbonyl (C=O) groups excluding carboxylic acids is 1. The molecule has 1 atom stereocenters. The zero-order valence-corrected chi connectivity index (χ0v) is 11.1. The van der Waals surface area contributed by atoms with Crippen molar-refractivity contribution < 1.29 is 14.7 Å². The van der Waals surface area contributed by atoms with Crippen molar-refractivity contribution in [2.24, 2.45) is 0 Å². The highest BCUT2D eigenvalue weighted by Gasteiger charge is 2.18. The van der Waals surface area contributed by atoms with Gasteiger partial charge in [-0.3, -0.25) is 14.5 Å². The molecule has 1 aliphatic rings. The van der Waals surface area contributed by atoms with Gasteiger partial charge in [-0.1, -0.05) is 12.1 Å². The van der Waals surface area contributed by atoms with Gasteiger partial charge in [-0.05, 0) is 31.2 Å². The molecule has 1 aromatic carbocycles. The monoisotopic (exact) mass is 262 g/mol. The minimum atomic E-state index is -0.789. The summed E-state index contributed by atoms with van der Waals surface area (Å²) in [7, 11) is 1.91. The normalized spacial score (nSPS) is 15.2. The third kappa shape index (κ3) is 3.32. The fourth-order valence-corrected chi connectivity index (χ4v) is 2.23. The van der Waals surface area contributed by atoms with Gasteiger partial charge in [-0.15, -0.1) is 0 Å². The Hall–Kier alpha value is -1.88. The molecule has 5 nitrogen and oxygen atoms in total. The first-order valence-electron chi connectivity index (χ1n) is 6.29. The predicted octanol–water partition coefficient (Wildman–Crippen LogP) is 1.48. The van der Waals surface area contributed by atoms with Gasteiger partial charge < -0.3 is 10.4 Å². The number of hydrogen-bond donors (Lipinski definition) is 2. The van der Waals surface area contributed by atoms with Crippen LogP contribution in [0.1, 0.15) is 24.5 Å². The van der Waals surface area contributed by atoms with E-state index >= 15 is 0 Å². The third-order valence-corrected chi connectivity index (χ3v) is 3.45. The molecule has 2 N–H and O–H groups in total. The average Bonchev–Trinajstić information content (AvgIpc) is 2.67. The van der Waals surface area contributed by atoms with Crippen LogP contribution < -0.4 is 5.32 Å². The van der Waals surface area contributed by atoms with Crippen LogP contribution in [0.3, 0.4) is 0 Å². The molecule has 1 heterocycles. The van der Waals surface area contributed by atoms with Crippen molar-refractivity contribution in [2.45, 2.75) is 32.4 Å². The van der Waals surface area contributed by atoms with Gasteiger partial charge in [0.2, 0.25) is 5.91 Å². The summed E-state index contributed by atoms with van der Waals surface area (Å²) in [5, 5.41) is 11.6. The maximum absolute atomic E-state index is 11.3. The Labute approximate surface area is 112 Å². The van der Waals surface area contributed by atoms with E-state index in [0.29, 0.717) is 13.0 Å². The van der Waals surface area contributed by atoms with Crippen LogP contribution >= 0.6 is 0 Å². The fourth-order valence-electron chi connectivity index (χ4n) is 2.23. The van der Waals surface area contributed by atoms with Gasteiger partial charge in [0.1, 0.15) is 0 Å². The van der Waals surface area contributed by atoms with E-state index in [2.05, 4.69) is 5.32 Å². The highest BCUT2D eigenvalue weighted by molar-refractivity contribution is 5.99. The minimum absolute atomic E-state index is 0.0227. The van der Waals surface area contributed by atoms with Crippen LogP contribution in [0.25, 0.3) is 0 Å². The number of nitrogens with one attached hydrogen (secondary N) is 1.